The van der Waals surface area contributed by atoms with E-state index in [2.05, 4.69) is 26.1 Å². The van der Waals surface area contributed by atoms with Crippen molar-refractivity contribution in [3.8, 4) is 0 Å². The lowest BCUT2D eigenvalue weighted by atomic mass is 10.2. The minimum absolute atomic E-state index is 0.281. The highest BCUT2D eigenvalue weighted by Gasteiger charge is 2.18. The van der Waals surface area contributed by atoms with Crippen molar-refractivity contribution in [1.29, 1.82) is 0 Å². The number of aromatic nitrogens is 1. The fraction of sp³-hybridized carbons (Fsp3) is 0.133. The molecule has 2 aromatic rings. The predicted molar refractivity (Wildman–Crippen MR) is 81.4 cm³/mol. The number of hydrogen-bond donors (Lipinski definition) is 1. The standard InChI is InChI=1S/C15H11ClN4O/c1-20-6-8-4-11-12(5-9(8)7-20)19-14(18-11)13-10(16)2-3-17-15(13)21/h2-6H,7H2,1H3,(H,17,21). The molecule has 3 heterocycles. The molecule has 0 amide bonds. The van der Waals surface area contributed by atoms with E-state index in [9.17, 15) is 4.79 Å². The van der Waals surface area contributed by atoms with Crippen LogP contribution in [0.1, 0.15) is 11.1 Å². The van der Waals surface area contributed by atoms with Gasteiger partial charge in [0, 0.05) is 26.0 Å². The van der Waals surface area contributed by atoms with Gasteiger partial charge in [-0.15, -0.1) is 0 Å². The third-order valence-corrected chi connectivity index (χ3v) is 3.92. The van der Waals surface area contributed by atoms with Crippen LogP contribution < -0.4 is 16.1 Å². The molecule has 5 nitrogen and oxygen atoms in total. The molecular formula is C15H11ClN4O. The Balaban J connectivity index is 1.91. The third-order valence-electron chi connectivity index (χ3n) is 3.60. The van der Waals surface area contributed by atoms with Gasteiger partial charge >= 0.3 is 0 Å². The number of amidine groups is 1. The number of nitrogens with zero attached hydrogens (tertiary/aromatic N) is 3. The van der Waals surface area contributed by atoms with E-state index in [1.165, 1.54) is 11.8 Å². The molecule has 0 bridgehead atoms. The van der Waals surface area contributed by atoms with Gasteiger partial charge < -0.3 is 9.88 Å². The Morgan fingerprint density at radius 1 is 1.33 bits per heavy atom. The summed E-state index contributed by atoms with van der Waals surface area (Å²) in [7, 11) is 2.03. The Morgan fingerprint density at radius 3 is 3.00 bits per heavy atom. The third kappa shape index (κ3) is 1.89. The number of halogens is 1. The van der Waals surface area contributed by atoms with Gasteiger partial charge in [0.25, 0.3) is 5.56 Å². The van der Waals surface area contributed by atoms with Crippen molar-refractivity contribution in [3.63, 3.8) is 0 Å². The molecule has 21 heavy (non-hydrogen) atoms. The number of pyridine rings is 1. The van der Waals surface area contributed by atoms with E-state index >= 15 is 0 Å². The molecular weight excluding hydrogens is 288 g/mol. The van der Waals surface area contributed by atoms with Gasteiger partial charge in [0.2, 0.25) is 0 Å². The van der Waals surface area contributed by atoms with E-state index in [0.717, 1.165) is 22.8 Å². The molecule has 0 aliphatic carbocycles. The number of fused-ring (bicyclic) bond motifs is 2. The van der Waals surface area contributed by atoms with Gasteiger partial charge in [-0.3, -0.25) is 4.79 Å². The zero-order valence-electron chi connectivity index (χ0n) is 11.2. The fourth-order valence-electron chi connectivity index (χ4n) is 2.65. The summed E-state index contributed by atoms with van der Waals surface area (Å²) in [5, 5.41) is 2.28. The molecule has 6 heteroatoms. The van der Waals surface area contributed by atoms with Gasteiger partial charge in [-0.1, -0.05) is 11.6 Å². The first kappa shape index (κ1) is 12.3. The van der Waals surface area contributed by atoms with Crippen LogP contribution in [0.3, 0.4) is 0 Å². The minimum Gasteiger partial charge on any atom is -0.376 e. The Morgan fingerprint density at radius 2 is 2.19 bits per heavy atom. The minimum atomic E-state index is -0.281. The number of nitrogens with one attached hydrogen (secondary N) is 1. The van der Waals surface area contributed by atoms with Crippen LogP contribution in [0, 0.1) is 0 Å². The molecule has 0 saturated heterocycles. The number of hydrogen-bond acceptors (Lipinski definition) is 4. The summed E-state index contributed by atoms with van der Waals surface area (Å²) in [5.41, 5.74) is 2.02. The highest BCUT2D eigenvalue weighted by Crippen LogP contribution is 2.18. The molecule has 0 radical (unpaired) electrons. The molecule has 1 aromatic carbocycles. The predicted octanol–water partition coefficient (Wildman–Crippen LogP) is 0.923. The highest BCUT2D eigenvalue weighted by molar-refractivity contribution is 6.34. The Labute approximate surface area is 124 Å². The molecule has 0 atom stereocenters. The maximum absolute atomic E-state index is 11.9. The first-order valence-electron chi connectivity index (χ1n) is 6.52. The molecule has 2 aliphatic rings. The number of rotatable bonds is 1. The van der Waals surface area contributed by atoms with Gasteiger partial charge in [0.15, 0.2) is 5.84 Å². The van der Waals surface area contributed by atoms with Gasteiger partial charge in [0.1, 0.15) is 5.56 Å². The van der Waals surface area contributed by atoms with Crippen molar-refractivity contribution in [2.75, 3.05) is 7.05 Å². The van der Waals surface area contributed by atoms with Crippen molar-refractivity contribution in [2.45, 2.75) is 6.54 Å². The van der Waals surface area contributed by atoms with Crippen molar-refractivity contribution in [2.24, 2.45) is 9.98 Å². The van der Waals surface area contributed by atoms with E-state index < -0.39 is 0 Å². The van der Waals surface area contributed by atoms with Crippen molar-refractivity contribution >= 4 is 29.3 Å². The summed E-state index contributed by atoms with van der Waals surface area (Å²) < 4.78 is 0. The van der Waals surface area contributed by atoms with E-state index in [0.29, 0.717) is 16.4 Å². The van der Waals surface area contributed by atoms with Gasteiger partial charge in [-0.25, -0.2) is 9.98 Å². The van der Waals surface area contributed by atoms with Gasteiger partial charge in [0.05, 0.1) is 16.1 Å². The molecule has 2 aliphatic heterocycles. The topological polar surface area (TPSA) is 60.8 Å². The Kier molecular flexibility index (Phi) is 2.53. The van der Waals surface area contributed by atoms with Crippen LogP contribution in [0.25, 0.3) is 6.20 Å². The molecule has 0 saturated carbocycles. The number of aromatic amines is 1. The summed E-state index contributed by atoms with van der Waals surface area (Å²) in [6.07, 6.45) is 3.58. The Hall–Kier alpha value is -2.40. The zero-order valence-corrected chi connectivity index (χ0v) is 12.0. The second-order valence-electron chi connectivity index (χ2n) is 5.16. The summed E-state index contributed by atoms with van der Waals surface area (Å²) in [5.74, 6) is 0.369. The summed E-state index contributed by atoms with van der Waals surface area (Å²) in [6.45, 7) is 0.861. The molecule has 0 unspecified atom stereocenters. The average Bonchev–Trinajstić information content (AvgIpc) is 2.96. The van der Waals surface area contributed by atoms with Crippen LogP contribution in [-0.4, -0.2) is 22.8 Å². The van der Waals surface area contributed by atoms with Crippen LogP contribution >= 0.6 is 11.6 Å². The lowest BCUT2D eigenvalue weighted by Crippen LogP contribution is -2.17. The SMILES string of the molecule is CN1C=c2cc3c(cc2C1)=NC(c1c(Cl)cc[nH]c1=O)=N3. The first-order chi connectivity index (χ1) is 10.1. The molecule has 1 N–H and O–H groups in total. The van der Waals surface area contributed by atoms with Crippen LogP contribution in [0.4, 0.5) is 5.69 Å². The molecule has 4 rings (SSSR count). The quantitative estimate of drug-likeness (QED) is 0.851. The summed E-state index contributed by atoms with van der Waals surface area (Å²) in [4.78, 5) is 25.6. The second-order valence-corrected chi connectivity index (χ2v) is 5.57. The average molecular weight is 299 g/mol. The van der Waals surface area contributed by atoms with Crippen LogP contribution in [0.5, 0.6) is 0 Å². The normalized spacial score (nSPS) is 15.1. The highest BCUT2D eigenvalue weighted by atomic mass is 35.5. The van der Waals surface area contributed by atoms with Crippen LogP contribution in [0.15, 0.2) is 39.2 Å². The van der Waals surface area contributed by atoms with Crippen LogP contribution in [-0.2, 0) is 6.54 Å². The monoisotopic (exact) mass is 298 g/mol. The second kappa shape index (κ2) is 4.30. The molecule has 104 valence electrons. The van der Waals surface area contributed by atoms with E-state index in [1.54, 1.807) is 6.07 Å². The summed E-state index contributed by atoms with van der Waals surface area (Å²) in [6, 6.07) is 5.64. The van der Waals surface area contributed by atoms with E-state index in [1.807, 2.05) is 19.2 Å². The maximum atomic E-state index is 11.9. The maximum Gasteiger partial charge on any atom is 0.260 e. The molecule has 0 spiro atoms. The van der Waals surface area contributed by atoms with Gasteiger partial charge in [-0.05, 0) is 29.0 Å². The van der Waals surface area contributed by atoms with Crippen molar-refractivity contribution < 1.29 is 0 Å². The van der Waals surface area contributed by atoms with Crippen LogP contribution in [0.2, 0.25) is 5.02 Å². The lowest BCUT2D eigenvalue weighted by molar-refractivity contribution is 0.510. The largest absolute Gasteiger partial charge is 0.376 e. The number of aliphatic imine (C=N–C) groups is 1. The smallest absolute Gasteiger partial charge is 0.260 e. The zero-order chi connectivity index (χ0) is 14.6. The number of benzene rings is 1. The Bertz CT molecular complexity index is 974. The van der Waals surface area contributed by atoms with E-state index in [4.69, 9.17) is 11.6 Å². The lowest BCUT2D eigenvalue weighted by Gasteiger charge is -2.04. The molecule has 0 fully saturated rings. The fourth-order valence-corrected chi connectivity index (χ4v) is 2.89. The first-order valence-corrected chi connectivity index (χ1v) is 6.89. The van der Waals surface area contributed by atoms with Gasteiger partial charge in [-0.2, -0.15) is 0 Å². The van der Waals surface area contributed by atoms with Crippen molar-refractivity contribution in [1.82, 2.24) is 9.88 Å². The summed E-state index contributed by atoms with van der Waals surface area (Å²) >= 11 is 6.10. The van der Waals surface area contributed by atoms with Crippen molar-refractivity contribution in [3.05, 3.63) is 61.5 Å². The molecule has 1 aromatic heterocycles. The van der Waals surface area contributed by atoms with E-state index in [-0.39, 0.29) is 5.56 Å². The number of H-pyrrole nitrogens is 1.